The van der Waals surface area contributed by atoms with Gasteiger partial charge in [0.25, 0.3) is 5.56 Å². The Morgan fingerprint density at radius 3 is 2.44 bits per heavy atom. The molecule has 9 heteroatoms. The number of benzene rings is 2. The lowest BCUT2D eigenvalue weighted by Crippen LogP contribution is -2.40. The quantitative estimate of drug-likeness (QED) is 0.477. The Kier molecular flexibility index (Phi) is 7.21. The molecule has 1 aromatic heterocycles. The molecule has 0 fully saturated rings. The van der Waals surface area contributed by atoms with Crippen LogP contribution in [0.15, 0.2) is 69.6 Å². The Balaban J connectivity index is 1.91. The van der Waals surface area contributed by atoms with Crippen LogP contribution in [0.4, 0.5) is 0 Å². The second-order valence-electron chi connectivity index (χ2n) is 8.43. The third-order valence-corrected chi connectivity index (χ3v) is 6.61. The highest BCUT2D eigenvalue weighted by Crippen LogP contribution is 2.31. The normalized spacial score (nSPS) is 15.4. The van der Waals surface area contributed by atoms with Crippen molar-refractivity contribution in [1.29, 1.82) is 0 Å². The molecule has 1 unspecified atom stereocenters. The Morgan fingerprint density at radius 1 is 1.08 bits per heavy atom. The minimum absolute atomic E-state index is 0.273. The molecule has 36 heavy (non-hydrogen) atoms. The van der Waals surface area contributed by atoms with Gasteiger partial charge in [0, 0.05) is 0 Å². The molecule has 2 heterocycles. The first-order chi connectivity index (χ1) is 17.2. The molecule has 0 spiro atoms. The number of carbonyl (C=O) groups is 2. The summed E-state index contributed by atoms with van der Waals surface area (Å²) in [6.07, 6.45) is 1.42. The molecule has 0 saturated carbocycles. The SMILES string of the molecule is COC(=O)c1ccc(C2C(C(=O)OC(C)C)=C(C)N=c3sc(=Cc4cccc(OC)c4)c(=O)n32)cc1. The minimum Gasteiger partial charge on any atom is -0.497 e. The van der Waals surface area contributed by atoms with E-state index in [1.165, 1.54) is 23.0 Å². The van der Waals surface area contributed by atoms with Crippen LogP contribution in [0.2, 0.25) is 0 Å². The van der Waals surface area contributed by atoms with E-state index in [0.29, 0.717) is 31.9 Å². The zero-order valence-electron chi connectivity index (χ0n) is 20.6. The lowest BCUT2D eigenvalue weighted by Gasteiger charge is -2.25. The Morgan fingerprint density at radius 2 is 1.81 bits per heavy atom. The van der Waals surface area contributed by atoms with Gasteiger partial charge in [0.15, 0.2) is 4.80 Å². The number of carbonyl (C=O) groups excluding carboxylic acids is 2. The molecule has 0 amide bonds. The van der Waals surface area contributed by atoms with Crippen molar-refractivity contribution in [3.63, 3.8) is 0 Å². The fourth-order valence-electron chi connectivity index (χ4n) is 3.98. The predicted octanol–water partition coefficient (Wildman–Crippen LogP) is 2.98. The van der Waals surface area contributed by atoms with Gasteiger partial charge in [-0.05, 0) is 62.2 Å². The highest BCUT2D eigenvalue weighted by molar-refractivity contribution is 7.07. The number of esters is 2. The number of hydrogen-bond donors (Lipinski definition) is 0. The first-order valence-corrected chi connectivity index (χ1v) is 12.1. The number of rotatable bonds is 6. The second kappa shape index (κ2) is 10.3. The average molecular weight is 507 g/mol. The zero-order chi connectivity index (χ0) is 26.0. The van der Waals surface area contributed by atoms with Crippen molar-refractivity contribution in [3.05, 3.63) is 96.2 Å². The third kappa shape index (κ3) is 4.87. The Labute approximate surface area is 211 Å². The second-order valence-corrected chi connectivity index (χ2v) is 9.44. The first-order valence-electron chi connectivity index (χ1n) is 11.3. The number of methoxy groups -OCH3 is 2. The van der Waals surface area contributed by atoms with E-state index >= 15 is 0 Å². The molecular weight excluding hydrogens is 480 g/mol. The van der Waals surface area contributed by atoms with Gasteiger partial charge in [0.05, 0.1) is 47.7 Å². The molecule has 1 atom stereocenters. The van der Waals surface area contributed by atoms with E-state index in [1.807, 2.05) is 24.3 Å². The molecule has 3 aromatic rings. The lowest BCUT2D eigenvalue weighted by atomic mass is 9.95. The maximum absolute atomic E-state index is 13.7. The van der Waals surface area contributed by atoms with Crippen LogP contribution in [-0.2, 0) is 14.3 Å². The van der Waals surface area contributed by atoms with Crippen LogP contribution in [0, 0.1) is 0 Å². The van der Waals surface area contributed by atoms with E-state index in [1.54, 1.807) is 58.2 Å². The number of allylic oxidation sites excluding steroid dienone is 1. The molecule has 4 rings (SSSR count). The summed E-state index contributed by atoms with van der Waals surface area (Å²) in [6.45, 7) is 5.25. The molecule has 2 aromatic carbocycles. The van der Waals surface area contributed by atoms with Crippen molar-refractivity contribution in [3.8, 4) is 5.75 Å². The smallest absolute Gasteiger partial charge is 0.338 e. The van der Waals surface area contributed by atoms with Crippen molar-refractivity contribution in [1.82, 2.24) is 4.57 Å². The van der Waals surface area contributed by atoms with Crippen molar-refractivity contribution < 1.29 is 23.8 Å². The molecule has 0 N–H and O–H groups in total. The molecule has 8 nitrogen and oxygen atoms in total. The summed E-state index contributed by atoms with van der Waals surface area (Å²) in [5.74, 6) is -0.347. The van der Waals surface area contributed by atoms with Crippen LogP contribution in [-0.4, -0.2) is 36.8 Å². The fourth-order valence-corrected chi connectivity index (χ4v) is 5.02. The van der Waals surface area contributed by atoms with E-state index in [0.717, 1.165) is 5.56 Å². The number of thiazole rings is 1. The molecular formula is C27H26N2O6S. The van der Waals surface area contributed by atoms with Crippen molar-refractivity contribution in [2.75, 3.05) is 14.2 Å². The van der Waals surface area contributed by atoms with Crippen LogP contribution in [0.3, 0.4) is 0 Å². The number of aromatic nitrogens is 1. The number of nitrogens with zero attached hydrogens (tertiary/aromatic N) is 2. The summed E-state index contributed by atoms with van der Waals surface area (Å²) in [6, 6.07) is 13.2. The fraction of sp³-hybridized carbons (Fsp3) is 0.259. The summed E-state index contributed by atoms with van der Waals surface area (Å²) >= 11 is 1.24. The van der Waals surface area contributed by atoms with Gasteiger partial charge in [-0.25, -0.2) is 14.6 Å². The third-order valence-electron chi connectivity index (χ3n) is 5.62. The van der Waals surface area contributed by atoms with Crippen LogP contribution >= 0.6 is 11.3 Å². The summed E-state index contributed by atoms with van der Waals surface area (Å²) in [7, 11) is 2.89. The number of hydrogen-bond acceptors (Lipinski definition) is 8. The molecule has 0 saturated heterocycles. The topological polar surface area (TPSA) is 96.2 Å². The molecule has 1 aliphatic heterocycles. The van der Waals surface area contributed by atoms with Gasteiger partial charge in [0.1, 0.15) is 5.75 Å². The van der Waals surface area contributed by atoms with Gasteiger partial charge in [-0.1, -0.05) is 35.6 Å². The van der Waals surface area contributed by atoms with Crippen LogP contribution in [0.1, 0.15) is 48.3 Å². The molecule has 1 aliphatic rings. The van der Waals surface area contributed by atoms with E-state index < -0.39 is 18.0 Å². The summed E-state index contributed by atoms with van der Waals surface area (Å²) < 4.78 is 17.6. The van der Waals surface area contributed by atoms with Gasteiger partial charge in [-0.3, -0.25) is 9.36 Å². The number of ether oxygens (including phenoxy) is 3. The van der Waals surface area contributed by atoms with Crippen molar-refractivity contribution in [2.45, 2.75) is 32.9 Å². The van der Waals surface area contributed by atoms with Crippen LogP contribution < -0.4 is 19.6 Å². The summed E-state index contributed by atoms with van der Waals surface area (Å²) in [5.41, 5.74) is 2.26. The van der Waals surface area contributed by atoms with Crippen LogP contribution in [0.5, 0.6) is 5.75 Å². The van der Waals surface area contributed by atoms with E-state index in [9.17, 15) is 14.4 Å². The minimum atomic E-state index is -0.772. The molecule has 0 bridgehead atoms. The van der Waals surface area contributed by atoms with Crippen LogP contribution in [0.25, 0.3) is 6.08 Å². The average Bonchev–Trinajstić information content (AvgIpc) is 3.16. The highest BCUT2D eigenvalue weighted by Gasteiger charge is 2.33. The summed E-state index contributed by atoms with van der Waals surface area (Å²) in [4.78, 5) is 43.8. The maximum atomic E-state index is 13.7. The zero-order valence-corrected chi connectivity index (χ0v) is 21.4. The standard InChI is InChI=1S/C27H26N2O6S/c1-15(2)35-26(32)22-16(3)28-27-29(23(22)18-9-11-19(12-10-18)25(31)34-5)24(30)21(36-27)14-17-7-6-8-20(13-17)33-4/h6-15,23H,1-5H3. The Hall–Kier alpha value is -3.98. The number of fused-ring (bicyclic) bond motifs is 1. The largest absolute Gasteiger partial charge is 0.497 e. The molecule has 0 aliphatic carbocycles. The Bertz CT molecular complexity index is 1530. The van der Waals surface area contributed by atoms with E-state index in [-0.39, 0.29) is 17.2 Å². The lowest BCUT2D eigenvalue weighted by molar-refractivity contribution is -0.143. The van der Waals surface area contributed by atoms with E-state index in [4.69, 9.17) is 14.2 Å². The van der Waals surface area contributed by atoms with Gasteiger partial charge in [0.2, 0.25) is 0 Å². The van der Waals surface area contributed by atoms with Gasteiger partial charge >= 0.3 is 11.9 Å². The summed E-state index contributed by atoms with van der Waals surface area (Å²) in [5, 5.41) is 0. The monoisotopic (exact) mass is 506 g/mol. The molecule has 186 valence electrons. The van der Waals surface area contributed by atoms with Gasteiger partial charge in [-0.2, -0.15) is 0 Å². The van der Waals surface area contributed by atoms with E-state index in [2.05, 4.69) is 4.99 Å². The first kappa shape index (κ1) is 25.1. The maximum Gasteiger partial charge on any atom is 0.338 e. The predicted molar refractivity (Wildman–Crippen MR) is 136 cm³/mol. The van der Waals surface area contributed by atoms with Crippen molar-refractivity contribution in [2.24, 2.45) is 4.99 Å². The van der Waals surface area contributed by atoms with Crippen molar-refractivity contribution >= 4 is 29.4 Å². The molecule has 0 radical (unpaired) electrons. The van der Waals surface area contributed by atoms with Gasteiger partial charge in [-0.15, -0.1) is 0 Å². The van der Waals surface area contributed by atoms with Gasteiger partial charge < -0.3 is 14.2 Å². The highest BCUT2D eigenvalue weighted by atomic mass is 32.1.